The van der Waals surface area contributed by atoms with Crippen LogP contribution < -0.4 is 5.32 Å². The number of rotatable bonds is 3. The predicted octanol–water partition coefficient (Wildman–Crippen LogP) is 3.39. The smallest absolute Gasteiger partial charge is 0.0686 e. The van der Waals surface area contributed by atoms with Crippen molar-refractivity contribution in [1.82, 2.24) is 10.3 Å². The topological polar surface area (TPSA) is 34.2 Å². The van der Waals surface area contributed by atoms with Crippen LogP contribution in [0.25, 0.3) is 0 Å². The molecular formula is C17H26N2O. The number of pyridine rings is 1. The zero-order valence-electron chi connectivity index (χ0n) is 12.7. The fourth-order valence-electron chi connectivity index (χ4n) is 4.08. The van der Waals surface area contributed by atoms with E-state index in [1.807, 2.05) is 0 Å². The minimum Gasteiger partial charge on any atom is -0.375 e. The fourth-order valence-corrected chi connectivity index (χ4v) is 4.08. The van der Waals surface area contributed by atoms with Crippen molar-refractivity contribution in [2.75, 3.05) is 13.7 Å². The molecule has 1 saturated carbocycles. The SMILES string of the molecule is CNC(c1cccc(C)n1)C1CCOC2(CCCC2)C1. The molecule has 20 heavy (non-hydrogen) atoms. The summed E-state index contributed by atoms with van der Waals surface area (Å²) in [6, 6.07) is 6.70. The molecule has 110 valence electrons. The van der Waals surface area contributed by atoms with Crippen LogP contribution >= 0.6 is 0 Å². The van der Waals surface area contributed by atoms with Gasteiger partial charge in [-0.2, -0.15) is 0 Å². The summed E-state index contributed by atoms with van der Waals surface area (Å²) in [5.74, 6) is 0.640. The van der Waals surface area contributed by atoms with E-state index in [9.17, 15) is 0 Å². The van der Waals surface area contributed by atoms with Gasteiger partial charge in [-0.25, -0.2) is 0 Å². The second-order valence-electron chi connectivity index (χ2n) is 6.46. The molecule has 3 nitrogen and oxygen atoms in total. The Labute approximate surface area is 122 Å². The van der Waals surface area contributed by atoms with Crippen molar-refractivity contribution in [3.8, 4) is 0 Å². The fraction of sp³-hybridized carbons (Fsp3) is 0.706. The van der Waals surface area contributed by atoms with E-state index in [0.717, 1.165) is 18.7 Å². The van der Waals surface area contributed by atoms with Crippen LogP contribution in [0.2, 0.25) is 0 Å². The van der Waals surface area contributed by atoms with Gasteiger partial charge in [-0.3, -0.25) is 4.98 Å². The van der Waals surface area contributed by atoms with Gasteiger partial charge in [0.2, 0.25) is 0 Å². The van der Waals surface area contributed by atoms with Crippen LogP contribution in [0.1, 0.15) is 56.0 Å². The van der Waals surface area contributed by atoms with Crippen molar-refractivity contribution in [3.05, 3.63) is 29.6 Å². The molecule has 3 rings (SSSR count). The van der Waals surface area contributed by atoms with Gasteiger partial charge in [0, 0.05) is 12.3 Å². The van der Waals surface area contributed by atoms with Gasteiger partial charge in [-0.1, -0.05) is 18.9 Å². The van der Waals surface area contributed by atoms with Crippen molar-refractivity contribution in [2.45, 2.75) is 57.1 Å². The highest BCUT2D eigenvalue weighted by atomic mass is 16.5. The van der Waals surface area contributed by atoms with E-state index in [4.69, 9.17) is 9.72 Å². The number of aromatic nitrogens is 1. The third-order valence-electron chi connectivity index (χ3n) is 5.06. The van der Waals surface area contributed by atoms with Gasteiger partial charge in [-0.15, -0.1) is 0 Å². The molecule has 2 fully saturated rings. The maximum atomic E-state index is 6.16. The van der Waals surface area contributed by atoms with Gasteiger partial charge in [0.15, 0.2) is 0 Å². The first-order chi connectivity index (χ1) is 9.72. The van der Waals surface area contributed by atoms with Crippen molar-refractivity contribution >= 4 is 0 Å². The monoisotopic (exact) mass is 274 g/mol. The van der Waals surface area contributed by atoms with Crippen LogP contribution in [-0.2, 0) is 4.74 Å². The van der Waals surface area contributed by atoms with Gasteiger partial charge in [-0.05, 0) is 57.7 Å². The number of hydrogen-bond acceptors (Lipinski definition) is 3. The lowest BCUT2D eigenvalue weighted by Gasteiger charge is -2.41. The van der Waals surface area contributed by atoms with Crippen LogP contribution in [-0.4, -0.2) is 24.2 Å². The molecule has 2 heterocycles. The first-order valence-electron chi connectivity index (χ1n) is 7.97. The molecule has 3 heteroatoms. The molecule has 1 spiro atoms. The summed E-state index contributed by atoms with van der Waals surface area (Å²) >= 11 is 0. The third kappa shape index (κ3) is 2.75. The first-order valence-corrected chi connectivity index (χ1v) is 7.97. The van der Waals surface area contributed by atoms with Crippen LogP contribution in [0.3, 0.4) is 0 Å². The molecule has 0 amide bonds. The minimum absolute atomic E-state index is 0.182. The summed E-state index contributed by atoms with van der Waals surface area (Å²) in [6.07, 6.45) is 7.50. The maximum absolute atomic E-state index is 6.16. The zero-order valence-corrected chi connectivity index (χ0v) is 12.7. The van der Waals surface area contributed by atoms with Gasteiger partial charge >= 0.3 is 0 Å². The highest BCUT2D eigenvalue weighted by Gasteiger charge is 2.42. The van der Waals surface area contributed by atoms with E-state index >= 15 is 0 Å². The molecule has 1 aliphatic carbocycles. The second kappa shape index (κ2) is 5.82. The number of hydrogen-bond donors (Lipinski definition) is 1. The maximum Gasteiger partial charge on any atom is 0.0686 e. The van der Waals surface area contributed by atoms with Gasteiger partial charge in [0.05, 0.1) is 17.3 Å². The normalized spacial score (nSPS) is 26.8. The van der Waals surface area contributed by atoms with Crippen molar-refractivity contribution in [3.63, 3.8) is 0 Å². The number of aryl methyl sites for hydroxylation is 1. The van der Waals surface area contributed by atoms with E-state index in [-0.39, 0.29) is 5.60 Å². The Kier molecular flexibility index (Phi) is 4.08. The number of ether oxygens (including phenoxy) is 1. The summed E-state index contributed by atoms with van der Waals surface area (Å²) in [7, 11) is 2.06. The van der Waals surface area contributed by atoms with Gasteiger partial charge in [0.25, 0.3) is 0 Å². The minimum atomic E-state index is 0.182. The molecular weight excluding hydrogens is 248 g/mol. The average Bonchev–Trinajstić information content (AvgIpc) is 2.88. The largest absolute Gasteiger partial charge is 0.375 e. The highest BCUT2D eigenvalue weighted by molar-refractivity contribution is 5.15. The summed E-state index contributed by atoms with van der Waals surface area (Å²) < 4.78 is 6.16. The quantitative estimate of drug-likeness (QED) is 0.917. The summed E-state index contributed by atoms with van der Waals surface area (Å²) in [6.45, 7) is 2.98. The Morgan fingerprint density at radius 1 is 1.35 bits per heavy atom. The number of nitrogens with one attached hydrogen (secondary N) is 1. The molecule has 1 N–H and O–H groups in total. The van der Waals surface area contributed by atoms with E-state index < -0.39 is 0 Å². The van der Waals surface area contributed by atoms with Crippen LogP contribution in [0.5, 0.6) is 0 Å². The van der Waals surface area contributed by atoms with Crippen molar-refractivity contribution < 1.29 is 4.74 Å². The lowest BCUT2D eigenvalue weighted by atomic mass is 9.79. The predicted molar refractivity (Wildman–Crippen MR) is 80.6 cm³/mol. The molecule has 1 aliphatic heterocycles. The van der Waals surface area contributed by atoms with Crippen LogP contribution in [0, 0.1) is 12.8 Å². The molecule has 1 aromatic heterocycles. The van der Waals surface area contributed by atoms with Gasteiger partial charge < -0.3 is 10.1 Å². The lowest BCUT2D eigenvalue weighted by molar-refractivity contribution is -0.0980. The zero-order chi connectivity index (χ0) is 14.0. The molecule has 0 bridgehead atoms. The van der Waals surface area contributed by atoms with E-state index in [1.165, 1.54) is 37.8 Å². The molecule has 1 saturated heterocycles. The van der Waals surface area contributed by atoms with E-state index in [1.54, 1.807) is 0 Å². The van der Waals surface area contributed by atoms with Crippen LogP contribution in [0.4, 0.5) is 0 Å². The Hall–Kier alpha value is -0.930. The third-order valence-corrected chi connectivity index (χ3v) is 5.06. The number of nitrogens with zero attached hydrogens (tertiary/aromatic N) is 1. The Bertz CT molecular complexity index is 454. The van der Waals surface area contributed by atoms with Crippen molar-refractivity contribution in [1.29, 1.82) is 0 Å². The Balaban J connectivity index is 1.78. The molecule has 2 atom stereocenters. The second-order valence-corrected chi connectivity index (χ2v) is 6.46. The molecule has 0 radical (unpaired) electrons. The van der Waals surface area contributed by atoms with E-state index in [0.29, 0.717) is 12.0 Å². The molecule has 0 aromatic carbocycles. The van der Waals surface area contributed by atoms with Gasteiger partial charge in [0.1, 0.15) is 0 Å². The summed E-state index contributed by atoms with van der Waals surface area (Å²) in [5.41, 5.74) is 2.47. The average molecular weight is 274 g/mol. The van der Waals surface area contributed by atoms with Crippen LogP contribution in [0.15, 0.2) is 18.2 Å². The molecule has 2 unspecified atom stereocenters. The first kappa shape index (κ1) is 14.0. The Morgan fingerprint density at radius 2 is 2.15 bits per heavy atom. The van der Waals surface area contributed by atoms with E-state index in [2.05, 4.69) is 37.5 Å². The lowest BCUT2D eigenvalue weighted by Crippen LogP contribution is -2.41. The summed E-state index contributed by atoms with van der Waals surface area (Å²) in [5, 5.41) is 3.50. The summed E-state index contributed by atoms with van der Waals surface area (Å²) in [4.78, 5) is 4.73. The van der Waals surface area contributed by atoms with Crippen molar-refractivity contribution in [2.24, 2.45) is 5.92 Å². The standard InChI is InChI=1S/C17H26N2O/c1-13-6-5-7-15(19-13)16(18-2)14-8-11-20-17(12-14)9-3-4-10-17/h5-7,14,16,18H,3-4,8-12H2,1-2H3. The highest BCUT2D eigenvalue weighted by Crippen LogP contribution is 2.45. The Morgan fingerprint density at radius 3 is 2.85 bits per heavy atom. The molecule has 2 aliphatic rings. The molecule has 1 aromatic rings.